The molecule has 0 saturated heterocycles. The number of hydrogen-bond acceptors (Lipinski definition) is 5. The van der Waals surface area contributed by atoms with E-state index in [2.05, 4.69) is 0 Å². The van der Waals surface area contributed by atoms with Crippen molar-refractivity contribution in [3.63, 3.8) is 0 Å². The molecule has 1 heterocycles. The summed E-state index contributed by atoms with van der Waals surface area (Å²) in [5.41, 5.74) is 0.688. The summed E-state index contributed by atoms with van der Waals surface area (Å²) in [4.78, 5) is 10.7. The molecule has 2 aromatic rings. The Bertz CT molecular complexity index is 586. The van der Waals surface area contributed by atoms with E-state index in [1.165, 1.54) is 0 Å². The van der Waals surface area contributed by atoms with E-state index in [1.807, 2.05) is 0 Å². The number of methoxy groups -OCH3 is 3. The summed E-state index contributed by atoms with van der Waals surface area (Å²) in [6.45, 7) is 0. The van der Waals surface area contributed by atoms with Crippen LogP contribution in [-0.2, 0) is 0 Å². The topological polar surface area (TPSA) is 57.9 Å². The van der Waals surface area contributed by atoms with Crippen LogP contribution in [0.2, 0.25) is 0 Å². The van der Waals surface area contributed by atoms with E-state index in [9.17, 15) is 4.79 Å². The number of furan rings is 1. The number of aldehydes is 1. The number of rotatable bonds is 5. The zero-order valence-corrected chi connectivity index (χ0v) is 10.9. The molecule has 5 nitrogen and oxygen atoms in total. The van der Waals surface area contributed by atoms with Crippen molar-refractivity contribution in [2.24, 2.45) is 0 Å². The minimum Gasteiger partial charge on any atom is -0.496 e. The molecule has 0 unspecified atom stereocenters. The summed E-state index contributed by atoms with van der Waals surface area (Å²) in [7, 11) is 4.65. The maximum absolute atomic E-state index is 10.7. The zero-order valence-electron chi connectivity index (χ0n) is 10.9. The van der Waals surface area contributed by atoms with Gasteiger partial charge in [0.25, 0.3) is 0 Å². The second kappa shape index (κ2) is 5.48. The van der Waals surface area contributed by atoms with Crippen LogP contribution in [0.25, 0.3) is 11.3 Å². The Morgan fingerprint density at radius 1 is 0.947 bits per heavy atom. The van der Waals surface area contributed by atoms with Crippen LogP contribution in [0.15, 0.2) is 28.7 Å². The first-order chi connectivity index (χ1) is 9.23. The number of benzene rings is 1. The van der Waals surface area contributed by atoms with Crippen LogP contribution < -0.4 is 14.2 Å². The highest BCUT2D eigenvalue weighted by Crippen LogP contribution is 2.40. The van der Waals surface area contributed by atoms with E-state index in [0.29, 0.717) is 34.9 Å². The van der Waals surface area contributed by atoms with E-state index < -0.39 is 0 Å². The Morgan fingerprint density at radius 3 is 2.11 bits per heavy atom. The van der Waals surface area contributed by atoms with Gasteiger partial charge in [-0.2, -0.15) is 0 Å². The second-order valence-electron chi connectivity index (χ2n) is 3.73. The molecule has 2 rings (SSSR count). The molecule has 0 aliphatic heterocycles. The average molecular weight is 262 g/mol. The summed E-state index contributed by atoms with van der Waals surface area (Å²) in [5, 5.41) is 0. The van der Waals surface area contributed by atoms with Crippen LogP contribution in [0.4, 0.5) is 0 Å². The maximum Gasteiger partial charge on any atom is 0.185 e. The van der Waals surface area contributed by atoms with E-state index >= 15 is 0 Å². The van der Waals surface area contributed by atoms with Crippen molar-refractivity contribution >= 4 is 6.29 Å². The Labute approximate surface area is 110 Å². The molecule has 0 aliphatic rings. The SMILES string of the molecule is COc1cc(OC)c(-c2ccc(C=O)o2)cc1OC. The van der Waals surface area contributed by atoms with Gasteiger partial charge in [0.2, 0.25) is 0 Å². The Balaban J connectivity index is 2.57. The van der Waals surface area contributed by atoms with Gasteiger partial charge in [-0.25, -0.2) is 0 Å². The highest BCUT2D eigenvalue weighted by Gasteiger charge is 2.15. The van der Waals surface area contributed by atoms with Crippen LogP contribution in [0.3, 0.4) is 0 Å². The minimum absolute atomic E-state index is 0.256. The first-order valence-corrected chi connectivity index (χ1v) is 5.59. The molecule has 0 saturated carbocycles. The Morgan fingerprint density at radius 2 is 1.58 bits per heavy atom. The van der Waals surface area contributed by atoms with Crippen molar-refractivity contribution in [3.8, 4) is 28.6 Å². The lowest BCUT2D eigenvalue weighted by atomic mass is 10.1. The molecule has 0 amide bonds. The highest BCUT2D eigenvalue weighted by molar-refractivity contribution is 5.75. The minimum atomic E-state index is 0.256. The largest absolute Gasteiger partial charge is 0.496 e. The summed E-state index contributed by atoms with van der Waals surface area (Å²) >= 11 is 0. The molecule has 100 valence electrons. The van der Waals surface area contributed by atoms with Gasteiger partial charge < -0.3 is 18.6 Å². The molecular weight excluding hydrogens is 248 g/mol. The molecule has 0 bridgehead atoms. The fourth-order valence-corrected chi connectivity index (χ4v) is 1.78. The van der Waals surface area contributed by atoms with Gasteiger partial charge in [0.15, 0.2) is 23.5 Å². The third-order valence-electron chi connectivity index (χ3n) is 2.71. The van der Waals surface area contributed by atoms with Crippen LogP contribution in [0.5, 0.6) is 17.2 Å². The van der Waals surface area contributed by atoms with Crippen LogP contribution >= 0.6 is 0 Å². The van der Waals surface area contributed by atoms with Gasteiger partial charge in [0.05, 0.1) is 26.9 Å². The number of carbonyl (C=O) groups is 1. The number of ether oxygens (including phenoxy) is 3. The summed E-state index contributed by atoms with van der Waals surface area (Å²) in [5.74, 6) is 2.48. The van der Waals surface area contributed by atoms with E-state index in [0.717, 1.165) is 0 Å². The molecule has 0 atom stereocenters. The standard InChI is InChI=1S/C14H14O5/c1-16-12-7-14(18-3)13(17-2)6-10(12)11-5-4-9(8-15)19-11/h4-8H,1-3H3. The zero-order chi connectivity index (χ0) is 13.8. The third kappa shape index (κ3) is 2.40. The first kappa shape index (κ1) is 13.0. The molecule has 19 heavy (non-hydrogen) atoms. The predicted octanol–water partition coefficient (Wildman–Crippen LogP) is 2.78. The third-order valence-corrected chi connectivity index (χ3v) is 2.71. The quantitative estimate of drug-likeness (QED) is 0.775. The maximum atomic E-state index is 10.7. The van der Waals surface area contributed by atoms with Gasteiger partial charge in [-0.1, -0.05) is 0 Å². The molecule has 0 N–H and O–H groups in total. The van der Waals surface area contributed by atoms with Gasteiger partial charge in [-0.3, -0.25) is 4.79 Å². The second-order valence-corrected chi connectivity index (χ2v) is 3.73. The predicted molar refractivity (Wildman–Crippen MR) is 69.2 cm³/mol. The molecule has 0 fully saturated rings. The van der Waals surface area contributed by atoms with Crippen LogP contribution in [-0.4, -0.2) is 27.6 Å². The Hall–Kier alpha value is -2.43. The summed E-state index contributed by atoms with van der Waals surface area (Å²) in [6.07, 6.45) is 0.650. The molecule has 5 heteroatoms. The van der Waals surface area contributed by atoms with Gasteiger partial charge in [-0.05, 0) is 18.2 Å². The lowest BCUT2D eigenvalue weighted by molar-refractivity contribution is 0.110. The van der Waals surface area contributed by atoms with E-state index in [-0.39, 0.29) is 5.76 Å². The molecule has 0 spiro atoms. The normalized spacial score (nSPS) is 10.1. The molecule has 1 aromatic carbocycles. The smallest absolute Gasteiger partial charge is 0.185 e. The highest BCUT2D eigenvalue weighted by atomic mass is 16.5. The van der Waals surface area contributed by atoms with Crippen molar-refractivity contribution in [3.05, 3.63) is 30.0 Å². The van der Waals surface area contributed by atoms with Crippen LogP contribution in [0, 0.1) is 0 Å². The molecule has 0 radical (unpaired) electrons. The lowest BCUT2D eigenvalue weighted by Crippen LogP contribution is -1.94. The van der Waals surface area contributed by atoms with Crippen molar-refractivity contribution in [1.82, 2.24) is 0 Å². The van der Waals surface area contributed by atoms with Gasteiger partial charge >= 0.3 is 0 Å². The van der Waals surface area contributed by atoms with Gasteiger partial charge in [0, 0.05) is 6.07 Å². The van der Waals surface area contributed by atoms with Crippen LogP contribution in [0.1, 0.15) is 10.6 Å². The monoisotopic (exact) mass is 262 g/mol. The Kier molecular flexibility index (Phi) is 3.75. The molecule has 1 aromatic heterocycles. The van der Waals surface area contributed by atoms with Crippen molar-refractivity contribution in [2.45, 2.75) is 0 Å². The number of hydrogen-bond donors (Lipinski definition) is 0. The average Bonchev–Trinajstić information content (AvgIpc) is 2.94. The van der Waals surface area contributed by atoms with E-state index in [4.69, 9.17) is 18.6 Å². The van der Waals surface area contributed by atoms with Crippen molar-refractivity contribution < 1.29 is 23.4 Å². The van der Waals surface area contributed by atoms with Gasteiger partial charge in [0.1, 0.15) is 11.5 Å². The van der Waals surface area contributed by atoms with Crippen molar-refractivity contribution in [2.75, 3.05) is 21.3 Å². The first-order valence-electron chi connectivity index (χ1n) is 5.59. The fraction of sp³-hybridized carbons (Fsp3) is 0.214. The van der Waals surface area contributed by atoms with Gasteiger partial charge in [-0.15, -0.1) is 0 Å². The molecular formula is C14H14O5. The fourth-order valence-electron chi connectivity index (χ4n) is 1.78. The number of carbonyl (C=O) groups excluding carboxylic acids is 1. The lowest BCUT2D eigenvalue weighted by Gasteiger charge is -2.12. The summed E-state index contributed by atoms with van der Waals surface area (Å²) in [6, 6.07) is 6.74. The van der Waals surface area contributed by atoms with Crippen molar-refractivity contribution in [1.29, 1.82) is 0 Å². The van der Waals surface area contributed by atoms with E-state index in [1.54, 1.807) is 45.6 Å². The summed E-state index contributed by atoms with van der Waals surface area (Å²) < 4.78 is 21.1. The molecule has 0 aliphatic carbocycles.